The van der Waals surface area contributed by atoms with Gasteiger partial charge in [-0.2, -0.15) is 0 Å². The van der Waals surface area contributed by atoms with Gasteiger partial charge in [0.2, 0.25) is 0 Å². The SMILES string of the molecule is CNc1cc(-c2ccc(CN3CCOCC3)cc2)cc(C(=O)NCc2c(C)cc(C)[nH]c2=O)c1C. The normalized spacial score (nSPS) is 14.1. The molecular formula is C28H34N4O3. The third kappa shape index (κ3) is 5.81. The van der Waals surface area contributed by atoms with E-state index in [1.165, 1.54) is 5.56 Å². The van der Waals surface area contributed by atoms with Crippen LogP contribution < -0.4 is 16.2 Å². The second kappa shape index (κ2) is 10.9. The highest BCUT2D eigenvalue weighted by atomic mass is 16.5. The highest BCUT2D eigenvalue weighted by molar-refractivity contribution is 5.98. The number of nitrogens with one attached hydrogen (secondary N) is 3. The lowest BCUT2D eigenvalue weighted by Gasteiger charge is -2.26. The first-order valence-corrected chi connectivity index (χ1v) is 12.0. The van der Waals surface area contributed by atoms with E-state index in [1.54, 1.807) is 0 Å². The molecule has 1 aliphatic heterocycles. The Morgan fingerprint density at radius 1 is 1.03 bits per heavy atom. The summed E-state index contributed by atoms with van der Waals surface area (Å²) in [6.45, 7) is 10.2. The Morgan fingerprint density at radius 3 is 2.40 bits per heavy atom. The molecule has 1 aromatic heterocycles. The smallest absolute Gasteiger partial charge is 0.253 e. The average molecular weight is 475 g/mol. The first-order valence-electron chi connectivity index (χ1n) is 12.0. The summed E-state index contributed by atoms with van der Waals surface area (Å²) >= 11 is 0. The number of morpholine rings is 1. The average Bonchev–Trinajstić information content (AvgIpc) is 2.84. The van der Waals surface area contributed by atoms with Crippen molar-refractivity contribution in [3.05, 3.63) is 86.3 Å². The molecule has 1 amide bonds. The van der Waals surface area contributed by atoms with Crippen LogP contribution in [0, 0.1) is 20.8 Å². The summed E-state index contributed by atoms with van der Waals surface area (Å²) in [5.41, 5.74) is 7.70. The fraction of sp³-hybridized carbons (Fsp3) is 0.357. The van der Waals surface area contributed by atoms with Crippen LogP contribution in [-0.4, -0.2) is 49.1 Å². The van der Waals surface area contributed by atoms with E-state index in [-0.39, 0.29) is 18.0 Å². The number of carbonyl (C=O) groups is 1. The van der Waals surface area contributed by atoms with E-state index in [9.17, 15) is 9.59 Å². The van der Waals surface area contributed by atoms with Crippen molar-refractivity contribution < 1.29 is 9.53 Å². The van der Waals surface area contributed by atoms with Gasteiger partial charge < -0.3 is 20.4 Å². The predicted octanol–water partition coefficient (Wildman–Crippen LogP) is 3.77. The van der Waals surface area contributed by atoms with Gasteiger partial charge >= 0.3 is 0 Å². The maximum atomic E-state index is 13.2. The fourth-order valence-corrected chi connectivity index (χ4v) is 4.56. The number of anilines is 1. The minimum absolute atomic E-state index is 0.165. The molecule has 7 nitrogen and oxygen atoms in total. The number of amides is 1. The Kier molecular flexibility index (Phi) is 7.68. The van der Waals surface area contributed by atoms with Gasteiger partial charge in [0.05, 0.1) is 13.2 Å². The Hall–Kier alpha value is -3.42. The summed E-state index contributed by atoms with van der Waals surface area (Å²) in [6, 6.07) is 14.4. The number of aromatic amines is 1. The summed E-state index contributed by atoms with van der Waals surface area (Å²) in [5, 5.41) is 6.15. The molecule has 7 heteroatoms. The first-order chi connectivity index (χ1) is 16.9. The summed E-state index contributed by atoms with van der Waals surface area (Å²) in [6.07, 6.45) is 0. The van der Waals surface area contributed by atoms with Crippen molar-refractivity contribution in [2.45, 2.75) is 33.9 Å². The quantitative estimate of drug-likeness (QED) is 0.485. The molecule has 2 aromatic carbocycles. The van der Waals surface area contributed by atoms with Crippen LogP contribution in [0.15, 0.2) is 47.3 Å². The number of hydrogen-bond donors (Lipinski definition) is 3. The van der Waals surface area contributed by atoms with Crippen molar-refractivity contribution in [1.82, 2.24) is 15.2 Å². The number of rotatable bonds is 7. The van der Waals surface area contributed by atoms with E-state index < -0.39 is 0 Å². The highest BCUT2D eigenvalue weighted by Gasteiger charge is 2.16. The van der Waals surface area contributed by atoms with E-state index in [2.05, 4.69) is 50.8 Å². The number of pyridine rings is 1. The van der Waals surface area contributed by atoms with Gasteiger partial charge in [-0.3, -0.25) is 14.5 Å². The minimum atomic E-state index is -0.204. The van der Waals surface area contributed by atoms with E-state index in [1.807, 2.05) is 40.0 Å². The Labute approximate surface area is 206 Å². The molecule has 4 rings (SSSR count). The second-order valence-corrected chi connectivity index (χ2v) is 9.16. The zero-order valence-electron chi connectivity index (χ0n) is 21.0. The van der Waals surface area contributed by atoms with Gasteiger partial charge in [-0.05, 0) is 66.8 Å². The summed E-state index contributed by atoms with van der Waals surface area (Å²) in [5.74, 6) is -0.204. The monoisotopic (exact) mass is 474 g/mol. The zero-order chi connectivity index (χ0) is 24.9. The molecule has 0 unspecified atom stereocenters. The number of aryl methyl sites for hydroxylation is 2. The van der Waals surface area contributed by atoms with Crippen molar-refractivity contribution in [2.75, 3.05) is 38.7 Å². The van der Waals surface area contributed by atoms with Crippen molar-refractivity contribution in [3.63, 3.8) is 0 Å². The lowest BCUT2D eigenvalue weighted by Crippen LogP contribution is -2.35. The molecule has 3 aromatic rings. The zero-order valence-corrected chi connectivity index (χ0v) is 21.0. The Balaban J connectivity index is 1.54. The highest BCUT2D eigenvalue weighted by Crippen LogP contribution is 2.29. The van der Waals surface area contributed by atoms with Crippen LogP contribution in [0.3, 0.4) is 0 Å². The number of benzene rings is 2. The van der Waals surface area contributed by atoms with Gasteiger partial charge in [0, 0.05) is 55.7 Å². The van der Waals surface area contributed by atoms with Crippen molar-refractivity contribution >= 4 is 11.6 Å². The topological polar surface area (TPSA) is 86.5 Å². The Morgan fingerprint density at radius 2 is 1.74 bits per heavy atom. The molecule has 1 fully saturated rings. The van der Waals surface area contributed by atoms with E-state index >= 15 is 0 Å². The molecule has 0 saturated carbocycles. The molecule has 1 saturated heterocycles. The van der Waals surface area contributed by atoms with Crippen molar-refractivity contribution in [1.29, 1.82) is 0 Å². The number of ether oxygens (including phenoxy) is 1. The number of carbonyl (C=O) groups excluding carboxylic acids is 1. The fourth-order valence-electron chi connectivity index (χ4n) is 4.56. The van der Waals surface area contributed by atoms with Crippen LogP contribution in [0.25, 0.3) is 11.1 Å². The van der Waals surface area contributed by atoms with Crippen LogP contribution in [0.1, 0.15) is 38.3 Å². The number of H-pyrrole nitrogens is 1. The Bertz CT molecular complexity index is 1260. The minimum Gasteiger partial charge on any atom is -0.388 e. The molecule has 1 aliphatic rings. The maximum absolute atomic E-state index is 13.2. The molecule has 3 N–H and O–H groups in total. The van der Waals surface area contributed by atoms with E-state index in [0.717, 1.165) is 66.5 Å². The van der Waals surface area contributed by atoms with E-state index in [0.29, 0.717) is 11.1 Å². The van der Waals surface area contributed by atoms with Gasteiger partial charge in [0.1, 0.15) is 0 Å². The standard InChI is InChI=1S/C28H34N4O3/c1-18-13-19(2)31-28(34)25(18)16-30-27(33)24-14-23(15-26(29-4)20(24)3)22-7-5-21(6-8-22)17-32-9-11-35-12-10-32/h5-8,13-15,29H,9-12,16-17H2,1-4H3,(H,30,33)(H,31,34). The van der Waals surface area contributed by atoms with Gasteiger partial charge in [0.15, 0.2) is 0 Å². The summed E-state index contributed by atoms with van der Waals surface area (Å²) in [4.78, 5) is 30.7. The second-order valence-electron chi connectivity index (χ2n) is 9.16. The predicted molar refractivity (Wildman–Crippen MR) is 140 cm³/mol. The van der Waals surface area contributed by atoms with Crippen molar-refractivity contribution in [2.24, 2.45) is 0 Å². The summed E-state index contributed by atoms with van der Waals surface area (Å²) < 4.78 is 5.44. The third-order valence-corrected chi connectivity index (χ3v) is 6.64. The molecule has 0 aliphatic carbocycles. The molecular weight excluding hydrogens is 440 g/mol. The number of aromatic nitrogens is 1. The van der Waals surface area contributed by atoms with Gasteiger partial charge in [-0.25, -0.2) is 0 Å². The molecule has 184 valence electrons. The maximum Gasteiger partial charge on any atom is 0.253 e. The van der Waals surface area contributed by atoms with Crippen molar-refractivity contribution in [3.8, 4) is 11.1 Å². The number of hydrogen-bond acceptors (Lipinski definition) is 5. The van der Waals surface area contributed by atoms with Gasteiger partial charge in [-0.1, -0.05) is 24.3 Å². The lowest BCUT2D eigenvalue weighted by atomic mass is 9.96. The largest absolute Gasteiger partial charge is 0.388 e. The summed E-state index contributed by atoms with van der Waals surface area (Å²) in [7, 11) is 1.86. The first kappa shape index (κ1) is 24.7. The lowest BCUT2D eigenvalue weighted by molar-refractivity contribution is 0.0342. The number of nitrogens with zero attached hydrogens (tertiary/aromatic N) is 1. The van der Waals surface area contributed by atoms with Crippen LogP contribution in [0.2, 0.25) is 0 Å². The van der Waals surface area contributed by atoms with Crippen LogP contribution in [0.5, 0.6) is 0 Å². The van der Waals surface area contributed by atoms with Gasteiger partial charge in [-0.15, -0.1) is 0 Å². The molecule has 0 spiro atoms. The molecule has 0 bridgehead atoms. The molecule has 2 heterocycles. The third-order valence-electron chi connectivity index (χ3n) is 6.64. The van der Waals surface area contributed by atoms with E-state index in [4.69, 9.17) is 4.74 Å². The molecule has 0 atom stereocenters. The molecule has 35 heavy (non-hydrogen) atoms. The van der Waals surface area contributed by atoms with Crippen LogP contribution in [0.4, 0.5) is 5.69 Å². The molecule has 0 radical (unpaired) electrons. The van der Waals surface area contributed by atoms with Crippen LogP contribution >= 0.6 is 0 Å². The van der Waals surface area contributed by atoms with Gasteiger partial charge in [0.25, 0.3) is 11.5 Å². The van der Waals surface area contributed by atoms with Crippen LogP contribution in [-0.2, 0) is 17.8 Å².